The molecule has 0 radical (unpaired) electrons. The van der Waals surface area contributed by atoms with E-state index in [9.17, 15) is 5.11 Å². The molecule has 0 amide bonds. The normalized spacial score (nSPS) is 18.2. The number of aliphatic hydroxyl groups is 1. The Kier molecular flexibility index (Phi) is 7.12. The molecule has 0 bridgehead atoms. The van der Waals surface area contributed by atoms with Crippen LogP contribution < -0.4 is 10.6 Å². The van der Waals surface area contributed by atoms with E-state index in [-0.39, 0.29) is 0 Å². The van der Waals surface area contributed by atoms with Crippen molar-refractivity contribution in [2.75, 3.05) is 19.6 Å². The molecule has 5 heteroatoms. The van der Waals surface area contributed by atoms with Gasteiger partial charge in [-0.3, -0.25) is 0 Å². The van der Waals surface area contributed by atoms with Crippen molar-refractivity contribution in [3.63, 3.8) is 0 Å². The first-order valence-electron chi connectivity index (χ1n) is 8.58. The topological polar surface area (TPSA) is 56.7 Å². The van der Waals surface area contributed by atoms with Crippen LogP contribution in [0.2, 0.25) is 0 Å². The van der Waals surface area contributed by atoms with E-state index in [0.717, 1.165) is 30.3 Å². The minimum absolute atomic E-state index is 0.353. The fraction of sp³-hybridized carbons (Fsp3) is 0.611. The van der Waals surface area contributed by atoms with Crippen LogP contribution in [0.5, 0.6) is 0 Å². The first-order valence-corrected chi connectivity index (χ1v) is 9.46. The van der Waals surface area contributed by atoms with Crippen molar-refractivity contribution in [1.82, 2.24) is 10.6 Å². The molecule has 0 spiro atoms. The molecule has 128 valence electrons. The molecule has 4 nitrogen and oxygen atoms in total. The molecule has 1 aliphatic rings. The predicted octanol–water partition coefficient (Wildman–Crippen LogP) is 3.40. The summed E-state index contributed by atoms with van der Waals surface area (Å²) in [7, 11) is 0. The maximum absolute atomic E-state index is 10.6. The number of nitrogens with zero attached hydrogens (tertiary/aromatic N) is 1. The molecular weight excluding hydrogens is 306 g/mol. The lowest BCUT2D eigenvalue weighted by molar-refractivity contribution is 0.0711. The van der Waals surface area contributed by atoms with Gasteiger partial charge in [-0.15, -0.1) is 11.3 Å². The van der Waals surface area contributed by atoms with Crippen molar-refractivity contribution in [2.45, 2.75) is 51.6 Å². The molecule has 1 heterocycles. The highest BCUT2D eigenvalue weighted by Crippen LogP contribution is 2.25. The maximum atomic E-state index is 10.6. The maximum Gasteiger partial charge on any atom is 0.191 e. The van der Waals surface area contributed by atoms with Gasteiger partial charge in [-0.2, -0.15) is 0 Å². The second-order valence-corrected chi connectivity index (χ2v) is 7.18. The summed E-state index contributed by atoms with van der Waals surface area (Å²) >= 11 is 1.56. The minimum atomic E-state index is -0.914. The molecule has 1 aliphatic carbocycles. The van der Waals surface area contributed by atoms with Crippen LogP contribution in [0.4, 0.5) is 0 Å². The van der Waals surface area contributed by atoms with E-state index in [1.807, 2.05) is 24.4 Å². The number of hydrogen-bond acceptors (Lipinski definition) is 3. The fourth-order valence-corrected chi connectivity index (χ4v) is 3.49. The van der Waals surface area contributed by atoms with Gasteiger partial charge < -0.3 is 15.7 Å². The fourth-order valence-electron chi connectivity index (χ4n) is 2.71. The molecule has 1 aromatic rings. The van der Waals surface area contributed by atoms with Gasteiger partial charge >= 0.3 is 0 Å². The second kappa shape index (κ2) is 9.08. The van der Waals surface area contributed by atoms with Crippen LogP contribution in [0.15, 0.2) is 34.2 Å². The van der Waals surface area contributed by atoms with Crippen LogP contribution in [-0.4, -0.2) is 30.7 Å². The van der Waals surface area contributed by atoms with Crippen LogP contribution in [0, 0.1) is 0 Å². The lowest BCUT2D eigenvalue weighted by Crippen LogP contribution is -2.39. The molecule has 1 unspecified atom stereocenters. The first-order chi connectivity index (χ1) is 11.1. The Morgan fingerprint density at radius 3 is 2.91 bits per heavy atom. The standard InChI is InChI=1S/C18H29N3OS/c1-3-19-17(20-12-11-15-8-5-4-6-9-15)21-14-18(2,22)16-10-7-13-23-16/h7-8,10,13,22H,3-6,9,11-12,14H2,1-2H3,(H2,19,20,21). The monoisotopic (exact) mass is 335 g/mol. The van der Waals surface area contributed by atoms with Gasteiger partial charge in [0.05, 0.1) is 6.54 Å². The number of nitrogens with one attached hydrogen (secondary N) is 2. The van der Waals surface area contributed by atoms with E-state index < -0.39 is 5.60 Å². The van der Waals surface area contributed by atoms with Gasteiger partial charge in [0.2, 0.25) is 0 Å². The van der Waals surface area contributed by atoms with Crippen LogP contribution in [0.3, 0.4) is 0 Å². The summed E-state index contributed by atoms with van der Waals surface area (Å²) in [4.78, 5) is 5.50. The van der Waals surface area contributed by atoms with Crippen LogP contribution in [0.25, 0.3) is 0 Å². The van der Waals surface area contributed by atoms with E-state index >= 15 is 0 Å². The van der Waals surface area contributed by atoms with Gasteiger partial charge in [0.15, 0.2) is 5.96 Å². The highest BCUT2D eigenvalue weighted by Gasteiger charge is 2.23. The summed E-state index contributed by atoms with van der Waals surface area (Å²) in [6.07, 6.45) is 8.58. The van der Waals surface area contributed by atoms with Crippen molar-refractivity contribution in [2.24, 2.45) is 4.99 Å². The lowest BCUT2D eigenvalue weighted by atomic mass is 9.97. The zero-order valence-electron chi connectivity index (χ0n) is 14.3. The molecule has 0 aromatic carbocycles. The van der Waals surface area contributed by atoms with Gasteiger partial charge in [0.1, 0.15) is 5.60 Å². The molecular formula is C18H29N3OS. The van der Waals surface area contributed by atoms with Crippen LogP contribution in [-0.2, 0) is 5.60 Å². The quantitative estimate of drug-likeness (QED) is 0.407. The van der Waals surface area contributed by atoms with Gasteiger partial charge in [0.25, 0.3) is 0 Å². The van der Waals surface area contributed by atoms with E-state index in [1.54, 1.807) is 16.9 Å². The third-order valence-corrected chi connectivity index (χ3v) is 5.19. The summed E-state index contributed by atoms with van der Waals surface area (Å²) in [6, 6.07) is 3.91. The molecule has 2 rings (SSSR count). The molecule has 0 fully saturated rings. The van der Waals surface area contributed by atoms with Crippen molar-refractivity contribution in [3.8, 4) is 0 Å². The van der Waals surface area contributed by atoms with E-state index in [2.05, 4.69) is 28.6 Å². The predicted molar refractivity (Wildman–Crippen MR) is 99.0 cm³/mol. The molecule has 1 atom stereocenters. The van der Waals surface area contributed by atoms with Crippen molar-refractivity contribution >= 4 is 17.3 Å². The highest BCUT2D eigenvalue weighted by molar-refractivity contribution is 7.10. The molecule has 23 heavy (non-hydrogen) atoms. The number of aliphatic imine (C=N–C) groups is 1. The zero-order valence-corrected chi connectivity index (χ0v) is 15.1. The Morgan fingerprint density at radius 2 is 2.26 bits per heavy atom. The van der Waals surface area contributed by atoms with E-state index in [0.29, 0.717) is 6.54 Å². The Balaban J connectivity index is 1.85. The first kappa shape index (κ1) is 18.0. The average Bonchev–Trinajstić information content (AvgIpc) is 3.09. The number of guanidine groups is 1. The lowest BCUT2D eigenvalue weighted by Gasteiger charge is -2.21. The summed E-state index contributed by atoms with van der Waals surface area (Å²) in [5.41, 5.74) is 0.646. The summed E-state index contributed by atoms with van der Waals surface area (Å²) in [5, 5.41) is 19.2. The third kappa shape index (κ3) is 5.99. The third-order valence-electron chi connectivity index (χ3n) is 4.06. The zero-order chi connectivity index (χ0) is 16.5. The van der Waals surface area contributed by atoms with Crippen LogP contribution in [0.1, 0.15) is 50.8 Å². The van der Waals surface area contributed by atoms with Gasteiger partial charge in [-0.25, -0.2) is 4.99 Å². The Labute approximate surface area is 143 Å². The molecule has 1 aromatic heterocycles. The molecule has 0 saturated carbocycles. The summed E-state index contributed by atoms with van der Waals surface area (Å²) in [5.74, 6) is 0.778. The number of rotatable bonds is 7. The molecule has 0 saturated heterocycles. The average molecular weight is 336 g/mol. The summed E-state index contributed by atoms with van der Waals surface area (Å²) < 4.78 is 0. The second-order valence-electron chi connectivity index (χ2n) is 6.23. The molecule has 3 N–H and O–H groups in total. The van der Waals surface area contributed by atoms with Crippen molar-refractivity contribution in [1.29, 1.82) is 0 Å². The minimum Gasteiger partial charge on any atom is -0.383 e. The Hall–Kier alpha value is -1.33. The summed E-state index contributed by atoms with van der Waals surface area (Å²) in [6.45, 7) is 5.93. The van der Waals surface area contributed by atoms with Crippen molar-refractivity contribution < 1.29 is 5.11 Å². The Bertz CT molecular complexity index is 520. The van der Waals surface area contributed by atoms with E-state index in [1.165, 1.54) is 25.7 Å². The smallest absolute Gasteiger partial charge is 0.191 e. The number of allylic oxidation sites excluding steroid dienone is 1. The molecule has 0 aliphatic heterocycles. The Morgan fingerprint density at radius 1 is 1.39 bits per heavy atom. The SMILES string of the molecule is CCNC(=NCC(C)(O)c1cccs1)NCCC1=CCCCC1. The number of thiophene rings is 1. The largest absolute Gasteiger partial charge is 0.383 e. The van der Waals surface area contributed by atoms with Gasteiger partial charge in [-0.05, 0) is 57.4 Å². The number of hydrogen-bond donors (Lipinski definition) is 3. The van der Waals surface area contributed by atoms with Gasteiger partial charge in [-0.1, -0.05) is 17.7 Å². The highest BCUT2D eigenvalue weighted by atomic mass is 32.1. The van der Waals surface area contributed by atoms with Crippen LogP contribution >= 0.6 is 11.3 Å². The van der Waals surface area contributed by atoms with E-state index in [4.69, 9.17) is 0 Å². The van der Waals surface area contributed by atoms with Gasteiger partial charge in [0, 0.05) is 18.0 Å². The van der Waals surface area contributed by atoms with Crippen molar-refractivity contribution in [3.05, 3.63) is 34.0 Å².